The molecular weight excluding hydrogens is 403 g/mol. The van der Waals surface area contributed by atoms with Crippen molar-refractivity contribution in [2.45, 2.75) is 31.5 Å². The highest BCUT2D eigenvalue weighted by Crippen LogP contribution is 2.44. The molecule has 0 saturated heterocycles. The summed E-state index contributed by atoms with van der Waals surface area (Å²) in [5, 5.41) is 13.9. The number of fused-ring (bicyclic) bond motifs is 1. The summed E-state index contributed by atoms with van der Waals surface area (Å²) in [4.78, 5) is 8.04. The van der Waals surface area contributed by atoms with E-state index in [2.05, 4.69) is 15.1 Å². The lowest BCUT2D eigenvalue weighted by atomic mass is 10.00. The van der Waals surface area contributed by atoms with Crippen LogP contribution in [-0.4, -0.2) is 26.4 Å². The first-order valence-corrected chi connectivity index (χ1v) is 9.69. The molecule has 0 spiro atoms. The van der Waals surface area contributed by atoms with E-state index in [4.69, 9.17) is 4.52 Å². The van der Waals surface area contributed by atoms with Crippen molar-refractivity contribution in [1.82, 2.24) is 15.1 Å². The van der Waals surface area contributed by atoms with Gasteiger partial charge in [0, 0.05) is 5.56 Å². The van der Waals surface area contributed by atoms with Crippen LogP contribution < -0.4 is 0 Å². The lowest BCUT2D eigenvalue weighted by Gasteiger charge is -2.26. The van der Waals surface area contributed by atoms with E-state index in [0.29, 0.717) is 15.8 Å². The Hall–Kier alpha value is -2.78. The molecule has 2 aromatic heterocycles. The van der Waals surface area contributed by atoms with Gasteiger partial charge in [-0.1, -0.05) is 48.5 Å². The molecule has 0 aliphatic carbocycles. The molecule has 5 nitrogen and oxygen atoms in total. The minimum Gasteiger partial charge on any atom is -0.374 e. The van der Waals surface area contributed by atoms with Gasteiger partial charge in [-0.2, -0.15) is 18.2 Å². The Morgan fingerprint density at radius 1 is 1.03 bits per heavy atom. The van der Waals surface area contributed by atoms with Crippen molar-refractivity contribution in [3.05, 3.63) is 65.0 Å². The van der Waals surface area contributed by atoms with Crippen molar-refractivity contribution in [2.24, 2.45) is 0 Å². The number of hydrogen-bond donors (Lipinski definition) is 1. The van der Waals surface area contributed by atoms with Gasteiger partial charge in [0.1, 0.15) is 5.01 Å². The molecule has 0 amide bonds. The highest BCUT2D eigenvalue weighted by atomic mass is 32.1. The molecule has 4 rings (SSSR count). The third-order valence-corrected chi connectivity index (χ3v) is 5.80. The monoisotopic (exact) mass is 419 g/mol. The van der Waals surface area contributed by atoms with Crippen molar-refractivity contribution in [2.75, 3.05) is 0 Å². The van der Waals surface area contributed by atoms with Crippen LogP contribution in [-0.2, 0) is 18.4 Å². The number of halogens is 3. The number of aryl methyl sites for hydroxylation is 1. The molecule has 2 heterocycles. The SMILES string of the molecule is CCc1ccc(-c2noc(CC(O)(c3nc4ccccc4s3)C(F)(F)F)n2)cc1. The predicted octanol–water partition coefficient (Wildman–Crippen LogP) is 4.90. The fourth-order valence-corrected chi connectivity index (χ4v) is 3.97. The van der Waals surface area contributed by atoms with E-state index in [1.54, 1.807) is 36.4 Å². The van der Waals surface area contributed by atoms with Crippen LogP contribution in [0.15, 0.2) is 53.1 Å². The third-order valence-electron chi connectivity index (χ3n) is 4.61. The van der Waals surface area contributed by atoms with E-state index in [1.807, 2.05) is 19.1 Å². The van der Waals surface area contributed by atoms with E-state index in [9.17, 15) is 18.3 Å². The van der Waals surface area contributed by atoms with Gasteiger partial charge in [0.15, 0.2) is 0 Å². The van der Waals surface area contributed by atoms with Crippen LogP contribution in [0.3, 0.4) is 0 Å². The summed E-state index contributed by atoms with van der Waals surface area (Å²) in [5.74, 6) is -0.157. The number of aliphatic hydroxyl groups is 1. The Balaban J connectivity index is 1.68. The number of para-hydroxylation sites is 1. The van der Waals surface area contributed by atoms with Gasteiger partial charge in [-0.3, -0.25) is 0 Å². The molecule has 1 atom stereocenters. The number of rotatable bonds is 5. The van der Waals surface area contributed by atoms with Gasteiger partial charge >= 0.3 is 6.18 Å². The topological polar surface area (TPSA) is 72.0 Å². The molecule has 2 aromatic carbocycles. The van der Waals surface area contributed by atoms with Crippen LogP contribution >= 0.6 is 11.3 Å². The summed E-state index contributed by atoms with van der Waals surface area (Å²) >= 11 is 0.787. The standard InChI is InChI=1S/C20H16F3N3O2S/c1-2-12-7-9-13(10-8-12)17-25-16(28-26-17)11-19(27,20(21,22)23)18-24-14-5-3-4-6-15(14)29-18/h3-10,27H,2,11H2,1H3. The molecule has 0 fully saturated rings. The van der Waals surface area contributed by atoms with E-state index in [1.165, 1.54) is 0 Å². The highest BCUT2D eigenvalue weighted by Gasteiger charge is 2.58. The second kappa shape index (κ2) is 7.23. The second-order valence-electron chi connectivity index (χ2n) is 6.58. The summed E-state index contributed by atoms with van der Waals surface area (Å²) in [6, 6.07) is 13.9. The van der Waals surface area contributed by atoms with E-state index < -0.39 is 23.2 Å². The van der Waals surface area contributed by atoms with Crippen molar-refractivity contribution in [1.29, 1.82) is 0 Å². The summed E-state index contributed by atoms with van der Waals surface area (Å²) in [5.41, 5.74) is -1.11. The first-order valence-electron chi connectivity index (χ1n) is 8.87. The maximum absolute atomic E-state index is 13.8. The summed E-state index contributed by atoms with van der Waals surface area (Å²) in [7, 11) is 0. The summed E-state index contributed by atoms with van der Waals surface area (Å²) < 4.78 is 47.1. The Morgan fingerprint density at radius 2 is 1.76 bits per heavy atom. The molecular formula is C20H16F3N3O2S. The lowest BCUT2D eigenvalue weighted by molar-refractivity contribution is -0.267. The molecule has 0 bridgehead atoms. The molecule has 0 aliphatic heterocycles. The smallest absolute Gasteiger partial charge is 0.374 e. The van der Waals surface area contributed by atoms with Gasteiger partial charge in [0.05, 0.1) is 16.6 Å². The van der Waals surface area contributed by atoms with Crippen LogP contribution in [0.1, 0.15) is 23.4 Å². The number of nitrogens with zero attached hydrogens (tertiary/aromatic N) is 3. The molecule has 1 N–H and O–H groups in total. The molecule has 29 heavy (non-hydrogen) atoms. The van der Waals surface area contributed by atoms with Crippen molar-refractivity contribution < 1.29 is 22.8 Å². The van der Waals surface area contributed by atoms with Gasteiger partial charge in [-0.05, 0) is 24.1 Å². The van der Waals surface area contributed by atoms with Crippen molar-refractivity contribution in [3.63, 3.8) is 0 Å². The second-order valence-corrected chi connectivity index (χ2v) is 7.61. The van der Waals surface area contributed by atoms with Gasteiger partial charge < -0.3 is 9.63 Å². The van der Waals surface area contributed by atoms with Crippen LogP contribution in [0.25, 0.3) is 21.6 Å². The molecule has 0 radical (unpaired) electrons. The molecule has 1 unspecified atom stereocenters. The van der Waals surface area contributed by atoms with Crippen LogP contribution in [0, 0.1) is 0 Å². The normalized spacial score (nSPS) is 14.2. The summed E-state index contributed by atoms with van der Waals surface area (Å²) in [6.07, 6.45) is -5.03. The molecule has 9 heteroatoms. The van der Waals surface area contributed by atoms with E-state index in [0.717, 1.165) is 23.3 Å². The Labute approximate surface area is 167 Å². The largest absolute Gasteiger partial charge is 0.424 e. The van der Waals surface area contributed by atoms with E-state index >= 15 is 0 Å². The average Bonchev–Trinajstić information content (AvgIpc) is 3.34. The Kier molecular flexibility index (Phi) is 4.87. The van der Waals surface area contributed by atoms with Gasteiger partial charge in [0.25, 0.3) is 0 Å². The maximum Gasteiger partial charge on any atom is 0.424 e. The zero-order valence-electron chi connectivity index (χ0n) is 15.3. The molecule has 150 valence electrons. The van der Waals surface area contributed by atoms with Crippen molar-refractivity contribution in [3.8, 4) is 11.4 Å². The van der Waals surface area contributed by atoms with Crippen molar-refractivity contribution >= 4 is 21.6 Å². The fourth-order valence-electron chi connectivity index (χ4n) is 2.90. The molecule has 4 aromatic rings. The lowest BCUT2D eigenvalue weighted by Crippen LogP contribution is -2.44. The highest BCUT2D eigenvalue weighted by molar-refractivity contribution is 7.18. The number of hydrogen-bond acceptors (Lipinski definition) is 6. The number of aromatic nitrogens is 3. The molecule has 0 saturated carbocycles. The number of thiazole rings is 1. The van der Waals surface area contributed by atoms with E-state index in [-0.39, 0.29) is 11.7 Å². The maximum atomic E-state index is 13.8. The first-order chi connectivity index (χ1) is 13.8. The number of alkyl halides is 3. The average molecular weight is 419 g/mol. The quantitative estimate of drug-likeness (QED) is 0.498. The van der Waals surface area contributed by atoms with Crippen LogP contribution in [0.2, 0.25) is 0 Å². The number of benzene rings is 2. The summed E-state index contributed by atoms with van der Waals surface area (Å²) in [6.45, 7) is 2.02. The zero-order chi connectivity index (χ0) is 20.6. The van der Waals surface area contributed by atoms with Gasteiger partial charge in [-0.15, -0.1) is 11.3 Å². The van der Waals surface area contributed by atoms with Gasteiger partial charge in [0.2, 0.25) is 17.3 Å². The Morgan fingerprint density at radius 3 is 2.41 bits per heavy atom. The zero-order valence-corrected chi connectivity index (χ0v) is 16.1. The minimum atomic E-state index is -4.97. The fraction of sp³-hybridized carbons (Fsp3) is 0.250. The van der Waals surface area contributed by atoms with Crippen LogP contribution in [0.5, 0.6) is 0 Å². The first kappa shape index (κ1) is 19.5. The van der Waals surface area contributed by atoms with Crippen LogP contribution in [0.4, 0.5) is 13.2 Å². The third kappa shape index (κ3) is 3.63. The minimum absolute atomic E-state index is 0.163. The molecule has 0 aliphatic rings. The Bertz CT molecular complexity index is 1100. The predicted molar refractivity (Wildman–Crippen MR) is 102 cm³/mol. The van der Waals surface area contributed by atoms with Gasteiger partial charge in [-0.25, -0.2) is 4.98 Å².